The Kier molecular flexibility index (Phi) is 5.95. The van der Waals surface area contributed by atoms with Gasteiger partial charge in [0.25, 0.3) is 5.91 Å². The lowest BCUT2D eigenvalue weighted by molar-refractivity contribution is 0.0950. The molecule has 1 saturated carbocycles. The van der Waals surface area contributed by atoms with Crippen LogP contribution in [0.4, 0.5) is 0 Å². The third-order valence-corrected chi connectivity index (χ3v) is 6.22. The van der Waals surface area contributed by atoms with Crippen molar-refractivity contribution in [3.8, 4) is 0 Å². The highest BCUT2D eigenvalue weighted by Crippen LogP contribution is 2.22. The normalized spacial score (nSPS) is 14.2. The van der Waals surface area contributed by atoms with E-state index in [1.54, 1.807) is 54.4 Å². The van der Waals surface area contributed by atoms with E-state index in [4.69, 9.17) is 0 Å². The van der Waals surface area contributed by atoms with Gasteiger partial charge in [0.1, 0.15) is 0 Å². The summed E-state index contributed by atoms with van der Waals surface area (Å²) >= 11 is 1.58. The number of thioether (sulfide) groups is 1. The molecule has 1 aliphatic carbocycles. The molecule has 1 fully saturated rings. The van der Waals surface area contributed by atoms with E-state index in [0.717, 1.165) is 29.2 Å². The average Bonchev–Trinajstić information content (AvgIpc) is 3.44. The number of nitrogens with zero attached hydrogens (tertiary/aromatic N) is 1. The van der Waals surface area contributed by atoms with Gasteiger partial charge in [-0.1, -0.05) is 19.1 Å². The number of amides is 1. The van der Waals surface area contributed by atoms with Gasteiger partial charge in [-0.05, 0) is 48.4 Å². The summed E-state index contributed by atoms with van der Waals surface area (Å²) in [6.45, 7) is 2.36. The van der Waals surface area contributed by atoms with Gasteiger partial charge >= 0.3 is 0 Å². The van der Waals surface area contributed by atoms with Crippen LogP contribution in [0.3, 0.4) is 0 Å². The van der Waals surface area contributed by atoms with Crippen molar-refractivity contribution in [1.82, 2.24) is 15.0 Å². The highest BCUT2D eigenvalue weighted by atomic mass is 32.2. The lowest BCUT2D eigenvalue weighted by Gasteiger charge is -2.08. The minimum Gasteiger partial charge on any atom is -0.348 e. The van der Waals surface area contributed by atoms with Crippen molar-refractivity contribution in [3.05, 3.63) is 53.7 Å². The molecule has 0 radical (unpaired) electrons. The largest absolute Gasteiger partial charge is 0.348 e. The van der Waals surface area contributed by atoms with Crippen LogP contribution in [0, 0.1) is 0 Å². The molecule has 0 bridgehead atoms. The van der Waals surface area contributed by atoms with Gasteiger partial charge in [-0.3, -0.25) is 4.79 Å². The topological polar surface area (TPSA) is 88.2 Å². The molecule has 3 rings (SSSR count). The molecule has 8 heteroatoms. The van der Waals surface area contributed by atoms with E-state index < -0.39 is 10.0 Å². The summed E-state index contributed by atoms with van der Waals surface area (Å²) in [5.74, 6) is 0.709. The Morgan fingerprint density at radius 1 is 1.23 bits per heavy atom. The summed E-state index contributed by atoms with van der Waals surface area (Å²) < 4.78 is 26.9. The van der Waals surface area contributed by atoms with Crippen LogP contribution >= 0.6 is 11.8 Å². The summed E-state index contributed by atoms with van der Waals surface area (Å²) in [5, 5.41) is 3.66. The monoisotopic (exact) mass is 391 g/mol. The first-order valence-corrected chi connectivity index (χ1v) is 10.9. The predicted octanol–water partition coefficient (Wildman–Crippen LogP) is 2.56. The number of hydrogen-bond donors (Lipinski definition) is 2. The van der Waals surface area contributed by atoms with Gasteiger partial charge in [-0.25, -0.2) is 18.1 Å². The van der Waals surface area contributed by atoms with Crippen LogP contribution < -0.4 is 10.0 Å². The number of pyridine rings is 1. The highest BCUT2D eigenvalue weighted by molar-refractivity contribution is 7.99. The lowest BCUT2D eigenvalue weighted by atomic mass is 10.2. The van der Waals surface area contributed by atoms with Crippen LogP contribution in [-0.2, 0) is 16.6 Å². The van der Waals surface area contributed by atoms with Crippen LogP contribution in [0.15, 0.2) is 52.5 Å². The number of aromatic nitrogens is 1. The summed E-state index contributed by atoms with van der Waals surface area (Å²) in [5.41, 5.74) is 1.39. The van der Waals surface area contributed by atoms with Crippen molar-refractivity contribution >= 4 is 27.7 Å². The molecule has 0 saturated heterocycles. The molecule has 26 heavy (non-hydrogen) atoms. The number of rotatable bonds is 8. The summed E-state index contributed by atoms with van der Waals surface area (Å²) in [6.07, 6.45) is 3.42. The molecule has 1 aliphatic rings. The molecule has 6 nitrogen and oxygen atoms in total. The van der Waals surface area contributed by atoms with Gasteiger partial charge < -0.3 is 5.32 Å². The first kappa shape index (κ1) is 18.9. The van der Waals surface area contributed by atoms with Gasteiger partial charge in [-0.2, -0.15) is 0 Å². The standard InChI is InChI=1S/C18H21N3O3S2/c1-2-25-17-11-14(9-10-19-17)18(22)20-12-13-3-7-16(8-4-13)26(23,24)21-15-5-6-15/h3-4,7-11,15,21H,2,5-6,12H2,1H3,(H,20,22). The summed E-state index contributed by atoms with van der Waals surface area (Å²) in [6, 6.07) is 10.1. The molecule has 138 valence electrons. The van der Waals surface area contributed by atoms with E-state index >= 15 is 0 Å². The number of nitrogens with one attached hydrogen (secondary N) is 2. The second-order valence-electron chi connectivity index (χ2n) is 6.04. The molecule has 1 amide bonds. The van der Waals surface area contributed by atoms with Crippen molar-refractivity contribution in [3.63, 3.8) is 0 Å². The zero-order valence-electron chi connectivity index (χ0n) is 14.4. The maximum Gasteiger partial charge on any atom is 0.251 e. The van der Waals surface area contributed by atoms with Crippen LogP contribution in [0.25, 0.3) is 0 Å². The SMILES string of the molecule is CCSc1cc(C(=O)NCc2ccc(S(=O)(=O)NC3CC3)cc2)ccn1. The van der Waals surface area contributed by atoms with Gasteiger partial charge in [0.2, 0.25) is 10.0 Å². The minimum absolute atomic E-state index is 0.0788. The van der Waals surface area contributed by atoms with Crippen molar-refractivity contribution in [2.75, 3.05) is 5.75 Å². The first-order chi connectivity index (χ1) is 12.5. The van der Waals surface area contributed by atoms with Crippen LogP contribution in [0.5, 0.6) is 0 Å². The second kappa shape index (κ2) is 8.20. The van der Waals surface area contributed by atoms with Crippen molar-refractivity contribution in [1.29, 1.82) is 0 Å². The fourth-order valence-electron chi connectivity index (χ4n) is 2.34. The lowest BCUT2D eigenvalue weighted by Crippen LogP contribution is -2.26. The number of carbonyl (C=O) groups excluding carboxylic acids is 1. The molecular weight excluding hydrogens is 370 g/mol. The number of sulfonamides is 1. The Morgan fingerprint density at radius 2 is 1.96 bits per heavy atom. The smallest absolute Gasteiger partial charge is 0.251 e. The van der Waals surface area contributed by atoms with Crippen molar-refractivity contribution < 1.29 is 13.2 Å². The minimum atomic E-state index is -3.44. The van der Waals surface area contributed by atoms with Crippen molar-refractivity contribution in [2.24, 2.45) is 0 Å². The molecule has 0 unspecified atom stereocenters. The second-order valence-corrected chi connectivity index (χ2v) is 9.04. The van der Waals surface area contributed by atoms with E-state index in [-0.39, 0.29) is 16.8 Å². The molecule has 1 aromatic heterocycles. The third-order valence-electron chi connectivity index (χ3n) is 3.88. The third kappa shape index (κ3) is 5.06. The fourth-order valence-corrected chi connectivity index (χ4v) is 4.28. The van der Waals surface area contributed by atoms with E-state index in [0.29, 0.717) is 12.1 Å². The molecule has 0 aliphatic heterocycles. The molecule has 1 heterocycles. The number of benzene rings is 1. The highest BCUT2D eigenvalue weighted by Gasteiger charge is 2.27. The van der Waals surface area contributed by atoms with E-state index in [2.05, 4.69) is 15.0 Å². The van der Waals surface area contributed by atoms with Gasteiger partial charge in [-0.15, -0.1) is 11.8 Å². The van der Waals surface area contributed by atoms with Crippen LogP contribution in [0.2, 0.25) is 0 Å². The quantitative estimate of drug-likeness (QED) is 0.675. The maximum atomic E-state index is 12.3. The Bertz CT molecular complexity index is 879. The molecule has 0 spiro atoms. The average molecular weight is 392 g/mol. The molecule has 2 aromatic rings. The Labute approximate surface area is 157 Å². The molecule has 1 aromatic carbocycles. The fraction of sp³-hybridized carbons (Fsp3) is 0.333. The predicted molar refractivity (Wildman–Crippen MR) is 102 cm³/mol. The summed E-state index contributed by atoms with van der Waals surface area (Å²) in [4.78, 5) is 16.7. The Balaban J connectivity index is 1.59. The number of carbonyl (C=O) groups is 1. The molecule has 2 N–H and O–H groups in total. The van der Waals surface area contributed by atoms with Crippen molar-refractivity contribution in [2.45, 2.75) is 42.3 Å². The van der Waals surface area contributed by atoms with E-state index in [9.17, 15) is 13.2 Å². The first-order valence-electron chi connectivity index (χ1n) is 8.46. The van der Waals surface area contributed by atoms with Gasteiger partial charge in [0.15, 0.2) is 0 Å². The van der Waals surface area contributed by atoms with Crippen LogP contribution in [0.1, 0.15) is 35.7 Å². The Morgan fingerprint density at radius 3 is 2.62 bits per heavy atom. The zero-order chi connectivity index (χ0) is 18.6. The van der Waals surface area contributed by atoms with E-state index in [1.807, 2.05) is 6.92 Å². The Hall–Kier alpha value is -1.90. The van der Waals surface area contributed by atoms with E-state index in [1.165, 1.54) is 0 Å². The molecule has 0 atom stereocenters. The maximum absolute atomic E-state index is 12.3. The van der Waals surface area contributed by atoms with Gasteiger partial charge in [0, 0.05) is 24.3 Å². The van der Waals surface area contributed by atoms with Gasteiger partial charge in [0.05, 0.1) is 9.92 Å². The summed E-state index contributed by atoms with van der Waals surface area (Å²) in [7, 11) is -3.44. The molecular formula is C18H21N3O3S2. The zero-order valence-corrected chi connectivity index (χ0v) is 16.1. The number of hydrogen-bond acceptors (Lipinski definition) is 5. The van der Waals surface area contributed by atoms with Crippen LogP contribution in [-0.4, -0.2) is 31.1 Å².